The standard InChI is InChI=1S/C25H24ClF4N5O5S2/c1-42(37,38)40-14-2-3-15(16(26)8-14)21-10-17(33-39-21)19-12-41-25(31-19)13-4-6-34(7-5-13)22(36)11-35-20(24(29)30)9-18(32-35)23(27)28/h2-3,8-9,12-13,21,23-24H,4-7,10-11H2,1H3/t21-/m0/s1. The minimum atomic E-state index is -3.69. The van der Waals surface area contributed by atoms with Crippen molar-refractivity contribution in [3.05, 3.63) is 62.3 Å². The number of oxime groups is 1. The lowest BCUT2D eigenvalue weighted by Crippen LogP contribution is -2.40. The molecule has 0 bridgehead atoms. The van der Waals surface area contributed by atoms with Crippen LogP contribution >= 0.6 is 22.9 Å². The van der Waals surface area contributed by atoms with Gasteiger partial charge in [-0.1, -0.05) is 16.8 Å². The molecule has 4 heterocycles. The maximum absolute atomic E-state index is 13.3. The fourth-order valence-corrected chi connectivity index (χ4v) is 6.51. The predicted molar refractivity (Wildman–Crippen MR) is 145 cm³/mol. The monoisotopic (exact) mass is 649 g/mol. The summed E-state index contributed by atoms with van der Waals surface area (Å²) in [6.07, 6.45) is -4.04. The summed E-state index contributed by atoms with van der Waals surface area (Å²) in [5.41, 5.74) is 0.382. The number of aromatic nitrogens is 3. The van der Waals surface area contributed by atoms with Crippen molar-refractivity contribution in [3.63, 3.8) is 0 Å². The van der Waals surface area contributed by atoms with E-state index in [9.17, 15) is 30.8 Å². The molecule has 42 heavy (non-hydrogen) atoms. The van der Waals surface area contributed by atoms with Crippen LogP contribution in [0.1, 0.15) is 71.8 Å². The molecule has 10 nitrogen and oxygen atoms in total. The molecule has 1 aromatic carbocycles. The molecule has 17 heteroatoms. The number of hydrogen-bond acceptors (Lipinski definition) is 9. The normalized spacial score (nSPS) is 18.0. The highest BCUT2D eigenvalue weighted by Gasteiger charge is 2.31. The van der Waals surface area contributed by atoms with Gasteiger partial charge >= 0.3 is 10.1 Å². The molecule has 1 fully saturated rings. The molecule has 0 spiro atoms. The number of likely N-dealkylation sites (tertiary alicyclic amines) is 1. The van der Waals surface area contributed by atoms with E-state index in [1.807, 2.05) is 5.38 Å². The van der Waals surface area contributed by atoms with E-state index in [4.69, 9.17) is 25.6 Å². The molecular weight excluding hydrogens is 626 g/mol. The highest BCUT2D eigenvalue weighted by Crippen LogP contribution is 2.37. The van der Waals surface area contributed by atoms with Crippen molar-refractivity contribution in [3.8, 4) is 5.75 Å². The van der Waals surface area contributed by atoms with E-state index in [1.54, 1.807) is 6.07 Å². The van der Waals surface area contributed by atoms with Gasteiger partial charge in [-0.25, -0.2) is 22.5 Å². The summed E-state index contributed by atoms with van der Waals surface area (Å²) in [4.78, 5) is 24.6. The van der Waals surface area contributed by atoms with E-state index in [0.29, 0.717) is 60.1 Å². The van der Waals surface area contributed by atoms with Crippen molar-refractivity contribution in [1.29, 1.82) is 0 Å². The summed E-state index contributed by atoms with van der Waals surface area (Å²) in [5, 5.41) is 10.6. The maximum Gasteiger partial charge on any atom is 0.306 e. The molecule has 226 valence electrons. The number of carbonyl (C=O) groups is 1. The average molecular weight is 650 g/mol. The average Bonchev–Trinajstić information content (AvgIpc) is 3.67. The van der Waals surface area contributed by atoms with Gasteiger partial charge in [-0.3, -0.25) is 9.48 Å². The Morgan fingerprint density at radius 3 is 2.57 bits per heavy atom. The SMILES string of the molecule is CS(=O)(=O)Oc1ccc([C@@H]2CC(c3csc(C4CCN(C(=O)Cn5nc(C(F)F)cc5C(F)F)CC4)n3)=NO2)c(Cl)c1. The molecule has 0 radical (unpaired) electrons. The van der Waals surface area contributed by atoms with Gasteiger partial charge < -0.3 is 13.9 Å². The highest BCUT2D eigenvalue weighted by atomic mass is 35.5. The van der Waals surface area contributed by atoms with Crippen LogP contribution in [0.25, 0.3) is 0 Å². The maximum atomic E-state index is 13.3. The zero-order valence-electron chi connectivity index (χ0n) is 21.9. The molecule has 1 saturated heterocycles. The Kier molecular flexibility index (Phi) is 8.76. The number of rotatable bonds is 9. The number of thiazole rings is 1. The minimum Gasteiger partial charge on any atom is -0.387 e. The smallest absolute Gasteiger partial charge is 0.306 e. The summed E-state index contributed by atoms with van der Waals surface area (Å²) in [5.74, 6) is -0.324. The number of nitrogens with zero attached hydrogens (tertiary/aromatic N) is 5. The van der Waals surface area contributed by atoms with Gasteiger partial charge in [0.2, 0.25) is 5.91 Å². The van der Waals surface area contributed by atoms with Crippen molar-refractivity contribution in [2.75, 3.05) is 19.3 Å². The first-order chi connectivity index (χ1) is 19.9. The number of carbonyl (C=O) groups excluding carboxylic acids is 1. The van der Waals surface area contributed by atoms with Crippen molar-refractivity contribution >= 4 is 44.7 Å². The minimum absolute atomic E-state index is 0.0649. The van der Waals surface area contributed by atoms with E-state index < -0.39 is 52.9 Å². The van der Waals surface area contributed by atoms with E-state index in [1.165, 1.54) is 28.4 Å². The predicted octanol–water partition coefficient (Wildman–Crippen LogP) is 5.48. The van der Waals surface area contributed by atoms with Crippen LogP contribution in [0.4, 0.5) is 17.6 Å². The summed E-state index contributed by atoms with van der Waals surface area (Å²) < 4.78 is 80.6. The molecule has 0 N–H and O–H groups in total. The third-order valence-electron chi connectivity index (χ3n) is 6.81. The zero-order chi connectivity index (χ0) is 30.2. The Hall–Kier alpha value is -3.24. The van der Waals surface area contributed by atoms with Gasteiger partial charge in [-0.05, 0) is 31.0 Å². The Bertz CT molecular complexity index is 1610. The van der Waals surface area contributed by atoms with Gasteiger partial charge in [-0.15, -0.1) is 11.3 Å². The van der Waals surface area contributed by atoms with Crippen LogP contribution in [-0.2, 0) is 26.3 Å². The number of halogens is 5. The van der Waals surface area contributed by atoms with E-state index in [2.05, 4.69) is 10.3 Å². The summed E-state index contributed by atoms with van der Waals surface area (Å²) >= 11 is 7.79. The number of benzene rings is 1. The molecule has 0 saturated carbocycles. The van der Waals surface area contributed by atoms with Crippen LogP contribution in [0.15, 0.2) is 34.8 Å². The lowest BCUT2D eigenvalue weighted by atomic mass is 9.97. The highest BCUT2D eigenvalue weighted by molar-refractivity contribution is 7.86. The Morgan fingerprint density at radius 2 is 1.93 bits per heavy atom. The lowest BCUT2D eigenvalue weighted by molar-refractivity contribution is -0.133. The molecular formula is C25H24ClF4N5O5S2. The molecule has 0 unspecified atom stereocenters. The molecule has 3 aromatic rings. The van der Waals surface area contributed by atoms with Crippen LogP contribution in [0.2, 0.25) is 5.02 Å². The van der Waals surface area contributed by atoms with Gasteiger partial charge in [0.05, 0.1) is 22.0 Å². The third-order valence-corrected chi connectivity index (χ3v) is 8.64. The first-order valence-electron chi connectivity index (χ1n) is 12.7. The Balaban J connectivity index is 1.16. The van der Waals surface area contributed by atoms with Crippen molar-refractivity contribution in [1.82, 2.24) is 19.7 Å². The first-order valence-corrected chi connectivity index (χ1v) is 15.7. The van der Waals surface area contributed by atoms with Crippen LogP contribution in [0.3, 0.4) is 0 Å². The molecule has 0 aliphatic carbocycles. The van der Waals surface area contributed by atoms with Crippen LogP contribution < -0.4 is 4.18 Å². The zero-order valence-corrected chi connectivity index (χ0v) is 24.3. The summed E-state index contributed by atoms with van der Waals surface area (Å²) in [7, 11) is -3.69. The number of piperidine rings is 1. The Labute approximate surface area is 247 Å². The molecule has 2 aliphatic rings. The van der Waals surface area contributed by atoms with E-state index in [-0.39, 0.29) is 16.7 Å². The fourth-order valence-electron chi connectivity index (χ4n) is 4.76. The quantitative estimate of drug-likeness (QED) is 0.223. The molecule has 5 rings (SSSR count). The first kappa shape index (κ1) is 30.2. The van der Waals surface area contributed by atoms with Crippen LogP contribution in [-0.4, -0.2) is 59.0 Å². The second kappa shape index (κ2) is 12.2. The number of hydrogen-bond donors (Lipinski definition) is 0. The number of amides is 1. The molecule has 1 amide bonds. The topological polar surface area (TPSA) is 116 Å². The van der Waals surface area contributed by atoms with Crippen LogP contribution in [0, 0.1) is 0 Å². The number of alkyl halides is 4. The summed E-state index contributed by atoms with van der Waals surface area (Å²) in [6, 6.07) is 5.11. The molecule has 2 aliphatic heterocycles. The van der Waals surface area contributed by atoms with Gasteiger partial charge in [0, 0.05) is 42.4 Å². The van der Waals surface area contributed by atoms with Gasteiger partial charge in [0.15, 0.2) is 6.10 Å². The van der Waals surface area contributed by atoms with Gasteiger partial charge in [0.1, 0.15) is 29.4 Å². The largest absolute Gasteiger partial charge is 0.387 e. The second-order valence-corrected chi connectivity index (χ2v) is 12.7. The van der Waals surface area contributed by atoms with Crippen molar-refractivity contribution in [2.45, 2.75) is 50.7 Å². The van der Waals surface area contributed by atoms with E-state index in [0.717, 1.165) is 11.3 Å². The fraction of sp³-hybridized carbons (Fsp3) is 0.440. The Morgan fingerprint density at radius 1 is 1.19 bits per heavy atom. The van der Waals surface area contributed by atoms with Crippen molar-refractivity contribution in [2.24, 2.45) is 5.16 Å². The molecule has 2 aromatic heterocycles. The van der Waals surface area contributed by atoms with Crippen molar-refractivity contribution < 1.29 is 39.8 Å². The van der Waals surface area contributed by atoms with Gasteiger partial charge in [-0.2, -0.15) is 13.5 Å². The van der Waals surface area contributed by atoms with Gasteiger partial charge in [0.25, 0.3) is 12.9 Å². The summed E-state index contributed by atoms with van der Waals surface area (Å²) in [6.45, 7) is 0.168. The van der Waals surface area contributed by atoms with Crippen LogP contribution in [0.5, 0.6) is 5.75 Å². The molecule has 1 atom stereocenters. The van der Waals surface area contributed by atoms with E-state index >= 15 is 0 Å². The second-order valence-electron chi connectivity index (χ2n) is 9.79. The lowest BCUT2D eigenvalue weighted by Gasteiger charge is -2.31. The third kappa shape index (κ3) is 6.86.